The number of alkyl halides is 1. The second-order valence-corrected chi connectivity index (χ2v) is 3.98. The molecule has 0 unspecified atom stereocenters. The summed E-state index contributed by atoms with van der Waals surface area (Å²) < 4.78 is 1.89. The molecular formula is C12H13ClN2. The molecule has 0 aliphatic carbocycles. The van der Waals surface area contributed by atoms with Crippen LogP contribution in [-0.2, 0) is 5.88 Å². The molecule has 1 aromatic heterocycles. The Hall–Kier alpha value is -1.28. The summed E-state index contributed by atoms with van der Waals surface area (Å²) in [6, 6.07) is 6.19. The molecule has 0 saturated heterocycles. The Morgan fingerprint density at radius 2 is 2.13 bits per heavy atom. The van der Waals surface area contributed by atoms with Gasteiger partial charge in [0.25, 0.3) is 0 Å². The molecule has 0 atom stereocenters. The first-order valence-corrected chi connectivity index (χ1v) is 5.41. The van der Waals surface area contributed by atoms with Crippen molar-refractivity contribution in [1.82, 2.24) is 9.78 Å². The normalized spacial score (nSPS) is 10.6. The van der Waals surface area contributed by atoms with Crippen molar-refractivity contribution in [3.8, 4) is 5.69 Å². The van der Waals surface area contributed by atoms with E-state index in [1.54, 1.807) is 0 Å². The van der Waals surface area contributed by atoms with Gasteiger partial charge in [0.2, 0.25) is 0 Å². The van der Waals surface area contributed by atoms with Gasteiger partial charge in [0.05, 0.1) is 11.9 Å². The summed E-state index contributed by atoms with van der Waals surface area (Å²) in [6.45, 7) is 4.11. The van der Waals surface area contributed by atoms with Crippen molar-refractivity contribution in [2.75, 3.05) is 0 Å². The molecule has 1 heterocycles. The average Bonchev–Trinajstić information content (AvgIpc) is 2.64. The number of aromatic nitrogens is 2. The molecule has 0 saturated carbocycles. The summed E-state index contributed by atoms with van der Waals surface area (Å²) in [5.74, 6) is 0.555. The van der Waals surface area contributed by atoms with E-state index in [0.29, 0.717) is 5.88 Å². The third-order valence-corrected chi connectivity index (χ3v) is 2.68. The molecule has 0 N–H and O–H groups in total. The number of hydrogen-bond acceptors (Lipinski definition) is 1. The molecule has 3 heteroatoms. The number of hydrogen-bond donors (Lipinski definition) is 0. The lowest BCUT2D eigenvalue weighted by Gasteiger charge is -2.06. The highest BCUT2D eigenvalue weighted by atomic mass is 35.5. The van der Waals surface area contributed by atoms with Gasteiger partial charge in [-0.25, -0.2) is 4.68 Å². The Balaban J connectivity index is 2.45. The van der Waals surface area contributed by atoms with Crippen LogP contribution in [0.15, 0.2) is 30.6 Å². The fraction of sp³-hybridized carbons (Fsp3) is 0.250. The zero-order valence-corrected chi connectivity index (χ0v) is 9.62. The molecular weight excluding hydrogens is 208 g/mol. The molecule has 0 radical (unpaired) electrons. The highest BCUT2D eigenvalue weighted by Crippen LogP contribution is 2.16. The van der Waals surface area contributed by atoms with Crippen molar-refractivity contribution in [3.05, 3.63) is 47.3 Å². The average molecular weight is 221 g/mol. The van der Waals surface area contributed by atoms with E-state index in [9.17, 15) is 0 Å². The van der Waals surface area contributed by atoms with E-state index < -0.39 is 0 Å². The zero-order valence-electron chi connectivity index (χ0n) is 8.87. The molecule has 0 aliphatic heterocycles. The molecule has 2 aromatic rings. The smallest absolute Gasteiger partial charge is 0.0675 e. The SMILES string of the molecule is Cc1cnn(-c2ccc(CCl)cc2C)c1. The van der Waals surface area contributed by atoms with E-state index in [4.69, 9.17) is 11.6 Å². The Bertz CT molecular complexity index is 474. The predicted molar refractivity (Wildman–Crippen MR) is 62.6 cm³/mol. The first-order chi connectivity index (χ1) is 7.20. The van der Waals surface area contributed by atoms with Gasteiger partial charge in [-0.2, -0.15) is 5.10 Å². The van der Waals surface area contributed by atoms with Gasteiger partial charge >= 0.3 is 0 Å². The van der Waals surface area contributed by atoms with Crippen LogP contribution in [0.25, 0.3) is 5.69 Å². The monoisotopic (exact) mass is 220 g/mol. The van der Waals surface area contributed by atoms with Crippen LogP contribution in [0, 0.1) is 13.8 Å². The van der Waals surface area contributed by atoms with Gasteiger partial charge in [0, 0.05) is 12.1 Å². The molecule has 0 spiro atoms. The van der Waals surface area contributed by atoms with Crippen LogP contribution in [-0.4, -0.2) is 9.78 Å². The van der Waals surface area contributed by atoms with E-state index in [-0.39, 0.29) is 0 Å². The lowest BCUT2D eigenvalue weighted by molar-refractivity contribution is 0.871. The lowest BCUT2D eigenvalue weighted by atomic mass is 10.1. The van der Waals surface area contributed by atoms with Crippen molar-refractivity contribution in [3.63, 3.8) is 0 Å². The first-order valence-electron chi connectivity index (χ1n) is 4.88. The Morgan fingerprint density at radius 1 is 1.33 bits per heavy atom. The maximum Gasteiger partial charge on any atom is 0.0675 e. The summed E-state index contributed by atoms with van der Waals surface area (Å²) in [5, 5.41) is 4.29. The highest BCUT2D eigenvalue weighted by Gasteiger charge is 2.02. The second kappa shape index (κ2) is 4.07. The molecule has 2 rings (SSSR count). The molecule has 15 heavy (non-hydrogen) atoms. The van der Waals surface area contributed by atoms with Crippen LogP contribution in [0.3, 0.4) is 0 Å². The third-order valence-electron chi connectivity index (χ3n) is 2.37. The summed E-state index contributed by atoms with van der Waals surface area (Å²) in [6.07, 6.45) is 3.87. The number of rotatable bonds is 2. The van der Waals surface area contributed by atoms with E-state index >= 15 is 0 Å². The van der Waals surface area contributed by atoms with Crippen molar-refractivity contribution in [1.29, 1.82) is 0 Å². The van der Waals surface area contributed by atoms with E-state index in [2.05, 4.69) is 24.2 Å². The summed E-state index contributed by atoms with van der Waals surface area (Å²) in [7, 11) is 0. The van der Waals surface area contributed by atoms with E-state index in [1.165, 1.54) is 5.56 Å². The van der Waals surface area contributed by atoms with Gasteiger partial charge in [0.15, 0.2) is 0 Å². The topological polar surface area (TPSA) is 17.8 Å². The minimum Gasteiger partial charge on any atom is -0.240 e. The number of nitrogens with zero attached hydrogens (tertiary/aromatic N) is 2. The van der Waals surface area contributed by atoms with Crippen molar-refractivity contribution in [2.24, 2.45) is 0 Å². The maximum absolute atomic E-state index is 5.78. The Morgan fingerprint density at radius 3 is 2.67 bits per heavy atom. The van der Waals surface area contributed by atoms with Crippen molar-refractivity contribution < 1.29 is 0 Å². The van der Waals surface area contributed by atoms with Crippen LogP contribution >= 0.6 is 11.6 Å². The number of benzene rings is 1. The van der Waals surface area contributed by atoms with Gasteiger partial charge in [-0.05, 0) is 36.6 Å². The molecule has 2 nitrogen and oxygen atoms in total. The van der Waals surface area contributed by atoms with Gasteiger partial charge < -0.3 is 0 Å². The van der Waals surface area contributed by atoms with E-state index in [1.807, 2.05) is 30.1 Å². The minimum absolute atomic E-state index is 0.555. The fourth-order valence-electron chi connectivity index (χ4n) is 1.60. The predicted octanol–water partition coefficient (Wildman–Crippen LogP) is 3.23. The molecule has 78 valence electrons. The van der Waals surface area contributed by atoms with E-state index in [0.717, 1.165) is 16.8 Å². The molecule has 0 bridgehead atoms. The van der Waals surface area contributed by atoms with Crippen LogP contribution in [0.2, 0.25) is 0 Å². The Kier molecular flexibility index (Phi) is 2.78. The van der Waals surface area contributed by atoms with Gasteiger partial charge in [0.1, 0.15) is 0 Å². The van der Waals surface area contributed by atoms with Crippen molar-refractivity contribution in [2.45, 2.75) is 19.7 Å². The van der Waals surface area contributed by atoms with Crippen LogP contribution in [0.5, 0.6) is 0 Å². The van der Waals surface area contributed by atoms with Gasteiger partial charge in [-0.1, -0.05) is 12.1 Å². The second-order valence-electron chi connectivity index (χ2n) is 3.72. The largest absolute Gasteiger partial charge is 0.240 e. The highest BCUT2D eigenvalue weighted by molar-refractivity contribution is 6.17. The fourth-order valence-corrected chi connectivity index (χ4v) is 1.77. The zero-order chi connectivity index (χ0) is 10.8. The van der Waals surface area contributed by atoms with Gasteiger partial charge in [-0.15, -0.1) is 11.6 Å². The lowest BCUT2D eigenvalue weighted by Crippen LogP contribution is -1.97. The standard InChI is InChI=1S/C12H13ClN2/c1-9-7-14-15(8-9)12-4-3-11(6-13)5-10(12)2/h3-5,7-8H,6H2,1-2H3. The molecule has 0 amide bonds. The summed E-state index contributed by atoms with van der Waals surface area (Å²) in [5.41, 5.74) is 4.60. The summed E-state index contributed by atoms with van der Waals surface area (Å²) >= 11 is 5.78. The first kappa shape index (κ1) is 10.2. The summed E-state index contributed by atoms with van der Waals surface area (Å²) in [4.78, 5) is 0. The molecule has 0 fully saturated rings. The van der Waals surface area contributed by atoms with Crippen LogP contribution in [0.4, 0.5) is 0 Å². The number of halogens is 1. The molecule has 1 aromatic carbocycles. The van der Waals surface area contributed by atoms with Gasteiger partial charge in [-0.3, -0.25) is 0 Å². The van der Waals surface area contributed by atoms with Crippen LogP contribution < -0.4 is 0 Å². The quantitative estimate of drug-likeness (QED) is 0.711. The third kappa shape index (κ3) is 2.05. The Labute approximate surface area is 94.5 Å². The van der Waals surface area contributed by atoms with Crippen LogP contribution in [0.1, 0.15) is 16.7 Å². The number of aryl methyl sites for hydroxylation is 2. The van der Waals surface area contributed by atoms with Crippen molar-refractivity contribution >= 4 is 11.6 Å². The molecule has 0 aliphatic rings. The maximum atomic E-state index is 5.78. The minimum atomic E-state index is 0.555.